The second-order valence-corrected chi connectivity index (χ2v) is 9.01. The number of methoxy groups -OCH3 is 2. The first-order valence-corrected chi connectivity index (χ1v) is 12.5. The van der Waals surface area contributed by atoms with Gasteiger partial charge in [-0.25, -0.2) is 0 Å². The van der Waals surface area contributed by atoms with Gasteiger partial charge in [-0.05, 0) is 55.7 Å². The van der Waals surface area contributed by atoms with Gasteiger partial charge in [-0.15, -0.1) is 0 Å². The number of rotatable bonds is 9. The summed E-state index contributed by atoms with van der Waals surface area (Å²) in [5, 5.41) is 0.353. The maximum atomic E-state index is 13.1. The Bertz CT molecular complexity index is 1210. The molecule has 1 fully saturated rings. The molecule has 9 nitrogen and oxygen atoms in total. The van der Waals surface area contributed by atoms with Gasteiger partial charge < -0.3 is 23.8 Å². The van der Waals surface area contributed by atoms with Crippen molar-refractivity contribution in [2.24, 2.45) is 5.92 Å². The predicted molar refractivity (Wildman–Crippen MR) is 134 cm³/mol. The van der Waals surface area contributed by atoms with Crippen molar-refractivity contribution in [2.75, 3.05) is 33.9 Å². The molecule has 0 spiro atoms. The van der Waals surface area contributed by atoms with E-state index in [1.807, 2.05) is 24.3 Å². The van der Waals surface area contributed by atoms with Crippen LogP contribution in [0.4, 0.5) is 0 Å². The number of amides is 1. The molecule has 0 radical (unpaired) electrons. The van der Waals surface area contributed by atoms with E-state index in [-0.39, 0.29) is 17.8 Å². The fourth-order valence-electron chi connectivity index (χ4n) is 4.06. The average molecular weight is 512 g/mol. The van der Waals surface area contributed by atoms with Crippen LogP contribution in [0.5, 0.6) is 22.4 Å². The minimum absolute atomic E-state index is 0.124. The van der Waals surface area contributed by atoms with E-state index in [0.29, 0.717) is 67.0 Å². The van der Waals surface area contributed by atoms with Crippen molar-refractivity contribution in [3.63, 3.8) is 0 Å². The fourth-order valence-corrected chi connectivity index (χ4v) is 4.62. The van der Waals surface area contributed by atoms with Crippen LogP contribution >= 0.6 is 11.5 Å². The molecule has 10 heteroatoms. The molecule has 36 heavy (non-hydrogen) atoms. The number of esters is 1. The second kappa shape index (κ2) is 11.9. The summed E-state index contributed by atoms with van der Waals surface area (Å²) in [6.07, 6.45) is 1.71. The van der Waals surface area contributed by atoms with Gasteiger partial charge in [0.15, 0.2) is 17.3 Å². The topological polar surface area (TPSA) is 100 Å². The van der Waals surface area contributed by atoms with E-state index in [9.17, 15) is 9.59 Å². The lowest BCUT2D eigenvalue weighted by Gasteiger charge is -2.31. The highest BCUT2D eigenvalue weighted by atomic mass is 32.1. The van der Waals surface area contributed by atoms with Crippen LogP contribution < -0.4 is 14.2 Å². The SMILES string of the molecule is CCOC(=O)C1CCN(C(=O)c2ccc(OC)c(Oc3nc(Cc4cccc(OC)c4)ns3)c2)CC1. The predicted octanol–water partition coefficient (Wildman–Crippen LogP) is 4.35. The second-order valence-electron chi connectivity index (χ2n) is 8.29. The smallest absolute Gasteiger partial charge is 0.309 e. The molecule has 0 N–H and O–H groups in total. The molecule has 1 aliphatic heterocycles. The van der Waals surface area contributed by atoms with Gasteiger partial charge in [-0.1, -0.05) is 12.1 Å². The van der Waals surface area contributed by atoms with Crippen LogP contribution in [0.3, 0.4) is 0 Å². The van der Waals surface area contributed by atoms with Gasteiger partial charge in [-0.2, -0.15) is 9.36 Å². The Labute approximate surface area is 214 Å². The quantitative estimate of drug-likeness (QED) is 0.391. The lowest BCUT2D eigenvalue weighted by Crippen LogP contribution is -2.40. The molecule has 0 saturated carbocycles. The summed E-state index contributed by atoms with van der Waals surface area (Å²) >= 11 is 1.13. The van der Waals surface area contributed by atoms with Crippen molar-refractivity contribution < 1.29 is 28.5 Å². The number of aromatic nitrogens is 2. The molecule has 1 aromatic heterocycles. The molecule has 2 heterocycles. The summed E-state index contributed by atoms with van der Waals surface area (Å²) in [5.41, 5.74) is 1.50. The fraction of sp³-hybridized carbons (Fsp3) is 0.385. The number of hydrogen-bond donors (Lipinski definition) is 0. The Hall–Kier alpha value is -3.66. The number of hydrogen-bond acceptors (Lipinski definition) is 9. The zero-order valence-electron chi connectivity index (χ0n) is 20.6. The molecule has 0 unspecified atom stereocenters. The Morgan fingerprint density at radius 1 is 1.06 bits per heavy atom. The van der Waals surface area contributed by atoms with E-state index < -0.39 is 0 Å². The van der Waals surface area contributed by atoms with Crippen molar-refractivity contribution in [2.45, 2.75) is 26.2 Å². The number of carbonyl (C=O) groups is 2. The Balaban J connectivity index is 1.43. The van der Waals surface area contributed by atoms with Crippen molar-refractivity contribution in [1.29, 1.82) is 0 Å². The first kappa shape index (κ1) is 25.4. The van der Waals surface area contributed by atoms with Crippen LogP contribution in [0.2, 0.25) is 0 Å². The Kier molecular flexibility index (Phi) is 8.37. The standard InChI is InChI=1S/C26H29N3O6S/c1-4-34-25(31)18-10-12-29(13-11-18)24(30)19-8-9-21(33-3)22(16-19)35-26-27-23(28-36-26)15-17-6-5-7-20(14-17)32-2/h5-9,14,16,18H,4,10-13,15H2,1-3H3. The molecule has 1 saturated heterocycles. The maximum Gasteiger partial charge on any atom is 0.309 e. The van der Waals surface area contributed by atoms with E-state index >= 15 is 0 Å². The third-order valence-electron chi connectivity index (χ3n) is 5.96. The van der Waals surface area contributed by atoms with Crippen molar-refractivity contribution in [3.8, 4) is 22.4 Å². The van der Waals surface area contributed by atoms with E-state index in [4.69, 9.17) is 18.9 Å². The van der Waals surface area contributed by atoms with E-state index in [2.05, 4.69) is 9.36 Å². The summed E-state index contributed by atoms with van der Waals surface area (Å²) in [5.74, 6) is 1.79. The van der Waals surface area contributed by atoms with Crippen LogP contribution in [0, 0.1) is 5.92 Å². The zero-order valence-corrected chi connectivity index (χ0v) is 21.4. The summed E-state index contributed by atoms with van der Waals surface area (Å²) < 4.78 is 26.2. The van der Waals surface area contributed by atoms with Gasteiger partial charge >= 0.3 is 5.97 Å². The molecular weight excluding hydrogens is 482 g/mol. The Morgan fingerprint density at radius 2 is 1.86 bits per heavy atom. The molecule has 3 aromatic rings. The highest BCUT2D eigenvalue weighted by Gasteiger charge is 2.29. The number of benzene rings is 2. The molecular formula is C26H29N3O6S. The number of likely N-dealkylation sites (tertiary alicyclic amines) is 1. The Morgan fingerprint density at radius 3 is 2.58 bits per heavy atom. The van der Waals surface area contributed by atoms with Gasteiger partial charge in [-0.3, -0.25) is 9.59 Å². The molecule has 1 amide bonds. The van der Waals surface area contributed by atoms with E-state index in [1.54, 1.807) is 37.1 Å². The van der Waals surface area contributed by atoms with Gasteiger partial charge in [0.1, 0.15) is 5.75 Å². The lowest BCUT2D eigenvalue weighted by molar-refractivity contribution is -0.149. The first-order chi connectivity index (χ1) is 17.5. The summed E-state index contributed by atoms with van der Waals surface area (Å²) in [7, 11) is 3.17. The zero-order chi connectivity index (χ0) is 25.5. The third kappa shape index (κ3) is 6.12. The number of nitrogens with zero attached hydrogens (tertiary/aromatic N) is 3. The van der Waals surface area contributed by atoms with Crippen LogP contribution in [0.1, 0.15) is 41.5 Å². The van der Waals surface area contributed by atoms with Crippen molar-refractivity contribution in [1.82, 2.24) is 14.3 Å². The average Bonchev–Trinajstić information content (AvgIpc) is 3.35. The minimum atomic E-state index is -0.187. The monoisotopic (exact) mass is 511 g/mol. The molecule has 1 aliphatic rings. The third-order valence-corrected chi connectivity index (χ3v) is 6.59. The largest absolute Gasteiger partial charge is 0.497 e. The maximum absolute atomic E-state index is 13.1. The van der Waals surface area contributed by atoms with Crippen LogP contribution in [-0.2, 0) is 16.0 Å². The van der Waals surface area contributed by atoms with Gasteiger partial charge in [0.2, 0.25) is 0 Å². The molecule has 190 valence electrons. The van der Waals surface area contributed by atoms with Crippen LogP contribution in [-0.4, -0.2) is 60.0 Å². The van der Waals surface area contributed by atoms with Gasteiger partial charge in [0, 0.05) is 36.6 Å². The normalized spacial score (nSPS) is 13.8. The van der Waals surface area contributed by atoms with Crippen LogP contribution in [0.25, 0.3) is 0 Å². The molecule has 0 atom stereocenters. The number of piperidine rings is 1. The summed E-state index contributed by atoms with van der Waals surface area (Å²) in [4.78, 5) is 31.4. The molecule has 4 rings (SSSR count). The van der Waals surface area contributed by atoms with Gasteiger partial charge in [0.05, 0.1) is 26.7 Å². The van der Waals surface area contributed by atoms with Gasteiger partial charge in [0.25, 0.3) is 11.1 Å². The van der Waals surface area contributed by atoms with Crippen LogP contribution in [0.15, 0.2) is 42.5 Å². The summed E-state index contributed by atoms with van der Waals surface area (Å²) in [6.45, 7) is 3.15. The van der Waals surface area contributed by atoms with Crippen molar-refractivity contribution in [3.05, 3.63) is 59.4 Å². The van der Waals surface area contributed by atoms with Crippen molar-refractivity contribution >= 4 is 23.4 Å². The van der Waals surface area contributed by atoms with E-state index in [0.717, 1.165) is 22.8 Å². The highest BCUT2D eigenvalue weighted by molar-refractivity contribution is 7.07. The van der Waals surface area contributed by atoms with E-state index in [1.165, 1.54) is 7.11 Å². The number of carbonyl (C=O) groups excluding carboxylic acids is 2. The highest BCUT2D eigenvalue weighted by Crippen LogP contribution is 2.34. The molecule has 0 bridgehead atoms. The molecule has 0 aliphatic carbocycles. The molecule has 2 aromatic carbocycles. The summed E-state index contributed by atoms with van der Waals surface area (Å²) in [6, 6.07) is 12.8. The minimum Gasteiger partial charge on any atom is -0.497 e. The lowest BCUT2D eigenvalue weighted by atomic mass is 9.96. The first-order valence-electron chi connectivity index (χ1n) is 11.8. The number of ether oxygens (including phenoxy) is 4.